The Balaban J connectivity index is 1.60. The summed E-state index contributed by atoms with van der Waals surface area (Å²) in [6.45, 7) is 2.21. The maximum atomic E-state index is 13.2. The maximum absolute atomic E-state index is 13.2. The zero-order valence-corrected chi connectivity index (χ0v) is 12.8. The molecule has 0 atom stereocenters. The topological polar surface area (TPSA) is 21.3 Å². The van der Waals surface area contributed by atoms with Gasteiger partial charge in [0.05, 0.1) is 4.47 Å². The van der Waals surface area contributed by atoms with Gasteiger partial charge in [-0.2, -0.15) is 11.3 Å². The van der Waals surface area contributed by atoms with E-state index in [0.29, 0.717) is 16.8 Å². The number of ether oxygens (including phenoxy) is 1. The van der Waals surface area contributed by atoms with E-state index in [9.17, 15) is 4.39 Å². The monoisotopic (exact) mass is 343 g/mol. The zero-order valence-electron chi connectivity index (χ0n) is 10.4. The molecule has 0 saturated heterocycles. The smallest absolute Gasteiger partial charge is 0.141 e. The summed E-state index contributed by atoms with van der Waals surface area (Å²) in [6, 6.07) is 6.91. The van der Waals surface area contributed by atoms with E-state index in [2.05, 4.69) is 38.1 Å². The summed E-state index contributed by atoms with van der Waals surface area (Å²) < 4.78 is 19.1. The lowest BCUT2D eigenvalue weighted by molar-refractivity contribution is 0.313. The average molecular weight is 344 g/mol. The Morgan fingerprint density at radius 3 is 2.89 bits per heavy atom. The van der Waals surface area contributed by atoms with Gasteiger partial charge in [0.25, 0.3) is 0 Å². The van der Waals surface area contributed by atoms with Crippen molar-refractivity contribution in [2.24, 2.45) is 0 Å². The third-order valence-electron chi connectivity index (χ3n) is 2.61. The van der Waals surface area contributed by atoms with E-state index in [1.54, 1.807) is 23.5 Å². The first-order chi connectivity index (χ1) is 9.25. The summed E-state index contributed by atoms with van der Waals surface area (Å²) in [4.78, 5) is 0. The maximum Gasteiger partial charge on any atom is 0.141 e. The van der Waals surface area contributed by atoms with Gasteiger partial charge in [-0.05, 0) is 63.4 Å². The number of hydrogen-bond donors (Lipinski definition) is 1. The van der Waals surface area contributed by atoms with Gasteiger partial charge in [-0.15, -0.1) is 0 Å². The van der Waals surface area contributed by atoms with Crippen LogP contribution in [0.25, 0.3) is 0 Å². The van der Waals surface area contributed by atoms with E-state index < -0.39 is 0 Å². The molecule has 2 rings (SSSR count). The van der Waals surface area contributed by atoms with Gasteiger partial charge in [-0.1, -0.05) is 0 Å². The molecule has 0 aliphatic heterocycles. The molecular weight excluding hydrogens is 329 g/mol. The van der Waals surface area contributed by atoms with Crippen molar-refractivity contribution in [3.63, 3.8) is 0 Å². The second kappa shape index (κ2) is 7.62. The molecule has 0 fully saturated rings. The molecule has 0 amide bonds. The summed E-state index contributed by atoms with van der Waals surface area (Å²) in [7, 11) is 0. The Labute approximate surface area is 124 Å². The highest BCUT2D eigenvalue weighted by Crippen LogP contribution is 2.20. The van der Waals surface area contributed by atoms with Crippen molar-refractivity contribution in [2.75, 3.05) is 19.7 Å². The summed E-state index contributed by atoms with van der Waals surface area (Å²) >= 11 is 4.82. The molecule has 1 heterocycles. The van der Waals surface area contributed by atoms with E-state index in [4.69, 9.17) is 4.74 Å². The van der Waals surface area contributed by atoms with E-state index in [0.717, 1.165) is 19.5 Å². The van der Waals surface area contributed by atoms with Crippen LogP contribution < -0.4 is 10.1 Å². The minimum absolute atomic E-state index is 0.303. The van der Waals surface area contributed by atoms with E-state index >= 15 is 0 Å². The Morgan fingerprint density at radius 1 is 1.26 bits per heavy atom. The molecule has 1 N–H and O–H groups in total. The van der Waals surface area contributed by atoms with Crippen LogP contribution in [0.4, 0.5) is 4.39 Å². The normalized spacial score (nSPS) is 10.6. The van der Waals surface area contributed by atoms with E-state index in [1.165, 1.54) is 11.6 Å². The van der Waals surface area contributed by atoms with Crippen molar-refractivity contribution in [1.29, 1.82) is 0 Å². The van der Waals surface area contributed by atoms with Gasteiger partial charge in [0.15, 0.2) is 0 Å². The molecule has 0 bridgehead atoms. The molecule has 5 heteroatoms. The minimum Gasteiger partial charge on any atom is -0.492 e. The molecule has 0 aliphatic rings. The van der Waals surface area contributed by atoms with Crippen LogP contribution >= 0.6 is 27.3 Å². The summed E-state index contributed by atoms with van der Waals surface area (Å²) in [5.74, 6) is 0.253. The molecule has 0 unspecified atom stereocenters. The van der Waals surface area contributed by atoms with Gasteiger partial charge in [-0.25, -0.2) is 4.39 Å². The second-order valence-electron chi connectivity index (χ2n) is 4.06. The third kappa shape index (κ3) is 4.93. The van der Waals surface area contributed by atoms with Crippen LogP contribution in [0.3, 0.4) is 0 Å². The Kier molecular flexibility index (Phi) is 5.82. The van der Waals surface area contributed by atoms with Crippen LogP contribution in [0, 0.1) is 5.82 Å². The molecule has 1 aromatic carbocycles. The molecule has 0 saturated carbocycles. The third-order valence-corrected chi connectivity index (χ3v) is 3.98. The number of benzene rings is 1. The van der Waals surface area contributed by atoms with Crippen LogP contribution in [0.2, 0.25) is 0 Å². The summed E-state index contributed by atoms with van der Waals surface area (Å²) in [6.07, 6.45) is 1.02. The van der Waals surface area contributed by atoms with Gasteiger partial charge in [0.1, 0.15) is 18.2 Å². The zero-order chi connectivity index (χ0) is 13.5. The fourth-order valence-electron chi connectivity index (χ4n) is 1.60. The van der Waals surface area contributed by atoms with Crippen molar-refractivity contribution in [2.45, 2.75) is 6.42 Å². The number of hydrogen-bond acceptors (Lipinski definition) is 3. The number of halogens is 2. The largest absolute Gasteiger partial charge is 0.492 e. The fraction of sp³-hybridized carbons (Fsp3) is 0.286. The Bertz CT molecular complexity index is 504. The molecule has 0 aliphatic carbocycles. The molecule has 0 spiro atoms. The van der Waals surface area contributed by atoms with Crippen LogP contribution in [0.15, 0.2) is 39.5 Å². The lowest BCUT2D eigenvalue weighted by Gasteiger charge is -2.07. The summed E-state index contributed by atoms with van der Waals surface area (Å²) in [5, 5.41) is 7.54. The molecule has 19 heavy (non-hydrogen) atoms. The number of rotatable bonds is 7. The molecule has 2 nitrogen and oxygen atoms in total. The van der Waals surface area contributed by atoms with E-state index in [1.807, 2.05) is 0 Å². The highest BCUT2D eigenvalue weighted by molar-refractivity contribution is 9.10. The van der Waals surface area contributed by atoms with Gasteiger partial charge >= 0.3 is 0 Å². The predicted molar refractivity (Wildman–Crippen MR) is 80.5 cm³/mol. The van der Waals surface area contributed by atoms with Crippen molar-refractivity contribution >= 4 is 27.3 Å². The van der Waals surface area contributed by atoms with Gasteiger partial charge in [-0.3, -0.25) is 0 Å². The molecule has 1 aromatic heterocycles. The Morgan fingerprint density at radius 2 is 2.16 bits per heavy atom. The fourth-order valence-corrected chi connectivity index (χ4v) is 2.55. The van der Waals surface area contributed by atoms with Gasteiger partial charge < -0.3 is 10.1 Å². The number of nitrogens with one attached hydrogen (secondary N) is 1. The highest BCUT2D eigenvalue weighted by atomic mass is 79.9. The molecule has 2 aromatic rings. The van der Waals surface area contributed by atoms with Gasteiger partial charge in [0, 0.05) is 12.6 Å². The number of thiophene rings is 1. The van der Waals surface area contributed by atoms with Crippen molar-refractivity contribution in [1.82, 2.24) is 5.32 Å². The quantitative estimate of drug-likeness (QED) is 0.770. The lowest BCUT2D eigenvalue weighted by Crippen LogP contribution is -2.23. The van der Waals surface area contributed by atoms with E-state index in [-0.39, 0.29) is 5.82 Å². The van der Waals surface area contributed by atoms with Crippen molar-refractivity contribution in [3.8, 4) is 5.75 Å². The van der Waals surface area contributed by atoms with Crippen molar-refractivity contribution in [3.05, 3.63) is 50.9 Å². The van der Waals surface area contributed by atoms with Crippen LogP contribution in [-0.4, -0.2) is 19.7 Å². The van der Waals surface area contributed by atoms with Crippen LogP contribution in [0.1, 0.15) is 5.56 Å². The first-order valence-corrected chi connectivity index (χ1v) is 7.79. The second-order valence-corrected chi connectivity index (χ2v) is 5.69. The first-order valence-electron chi connectivity index (χ1n) is 6.05. The molecule has 0 radical (unpaired) electrons. The van der Waals surface area contributed by atoms with Gasteiger partial charge in [0.2, 0.25) is 0 Å². The van der Waals surface area contributed by atoms with Crippen molar-refractivity contribution < 1.29 is 9.13 Å². The summed E-state index contributed by atoms with van der Waals surface area (Å²) in [5.41, 5.74) is 1.35. The highest BCUT2D eigenvalue weighted by Gasteiger charge is 2.01. The lowest BCUT2D eigenvalue weighted by atomic mass is 10.2. The molecule has 102 valence electrons. The predicted octanol–water partition coefficient (Wildman–Crippen LogP) is 3.86. The molecular formula is C14H15BrFNOS. The minimum atomic E-state index is -0.303. The standard InChI is InChI=1S/C14H15BrFNOS/c15-13-2-1-12(9-14(13)16)18-7-6-17-5-3-11-4-8-19-10-11/h1-2,4,8-10,17H,3,5-7H2. The first kappa shape index (κ1) is 14.5. The van der Waals surface area contributed by atoms with Crippen LogP contribution in [0.5, 0.6) is 5.75 Å². The Hall–Kier alpha value is -0.910. The SMILES string of the molecule is Fc1cc(OCCNCCc2ccsc2)ccc1Br. The average Bonchev–Trinajstić information content (AvgIpc) is 2.91. The van der Waals surface area contributed by atoms with Crippen LogP contribution in [-0.2, 0) is 6.42 Å².